The molecule has 1 spiro atoms. The van der Waals surface area contributed by atoms with E-state index < -0.39 is 191 Å². The molecule has 28 nitrogen and oxygen atoms in total. The van der Waals surface area contributed by atoms with E-state index in [0.29, 0.717) is 44.9 Å². The van der Waals surface area contributed by atoms with Crippen molar-refractivity contribution in [1.82, 2.24) is 0 Å². The summed E-state index contributed by atoms with van der Waals surface area (Å²) in [6.45, 7) is 16.9. The molecular formula is C55H84Na2O28S2. The van der Waals surface area contributed by atoms with Crippen molar-refractivity contribution in [1.29, 1.82) is 0 Å². The average molecular weight is 1300 g/mol. The molecule has 87 heavy (non-hydrogen) atoms. The van der Waals surface area contributed by atoms with Crippen LogP contribution in [0.1, 0.15) is 113 Å². The van der Waals surface area contributed by atoms with Crippen molar-refractivity contribution >= 4 is 32.7 Å². The van der Waals surface area contributed by atoms with Crippen molar-refractivity contribution in [3.8, 4) is 0 Å². The zero-order valence-corrected chi connectivity index (χ0v) is 56.7. The van der Waals surface area contributed by atoms with Gasteiger partial charge in [-0.15, -0.1) is 6.58 Å². The topological polar surface area (TPSA) is 410 Å². The van der Waals surface area contributed by atoms with Crippen LogP contribution >= 0.6 is 0 Å². The number of cyclic esters (lactones) is 1. The van der Waals surface area contributed by atoms with Gasteiger partial charge in [0.25, 0.3) is 0 Å². The summed E-state index contributed by atoms with van der Waals surface area (Å²) in [5, 5.41) is 77.5. The van der Waals surface area contributed by atoms with E-state index in [0.717, 1.165) is 31.1 Å². The zero-order valence-electron chi connectivity index (χ0n) is 51.1. The van der Waals surface area contributed by atoms with E-state index in [1.807, 2.05) is 27.7 Å². The fraction of sp³-hybridized carbons (Fsp3) is 0.891. The molecule has 8 fully saturated rings. The summed E-state index contributed by atoms with van der Waals surface area (Å²) in [5.74, 6) is -1.15. The molecule has 5 saturated heterocycles. The van der Waals surface area contributed by atoms with Gasteiger partial charge < -0.3 is 97.0 Å². The third-order valence-electron chi connectivity index (χ3n) is 20.4. The van der Waals surface area contributed by atoms with Crippen LogP contribution in [0.4, 0.5) is 0 Å². The van der Waals surface area contributed by atoms with Crippen LogP contribution in [0, 0.1) is 39.4 Å². The summed E-state index contributed by atoms with van der Waals surface area (Å²) in [5.41, 5.74) is -1.41. The maximum Gasteiger partial charge on any atom is 1.00 e. The maximum absolute atomic E-state index is 14.7. The number of aliphatic hydroxyl groups excluding tert-OH is 7. The Kier molecular flexibility index (Phi) is 23.5. The predicted molar refractivity (Wildman–Crippen MR) is 282 cm³/mol. The number of rotatable bonds is 19. The van der Waals surface area contributed by atoms with Gasteiger partial charge in [0, 0.05) is 19.4 Å². The van der Waals surface area contributed by atoms with E-state index in [-0.39, 0.29) is 88.3 Å². The largest absolute Gasteiger partial charge is 1.00 e. The summed E-state index contributed by atoms with van der Waals surface area (Å²) in [6, 6.07) is 0. The first-order chi connectivity index (χ1) is 39.5. The Morgan fingerprint density at radius 1 is 0.747 bits per heavy atom. The molecule has 486 valence electrons. The Morgan fingerprint density at radius 2 is 1.37 bits per heavy atom. The minimum absolute atomic E-state index is 0. The number of fused-ring (bicyclic) bond motifs is 4. The van der Waals surface area contributed by atoms with E-state index in [4.69, 9.17) is 56.3 Å². The first-order valence-electron chi connectivity index (χ1n) is 29.0. The van der Waals surface area contributed by atoms with Crippen LogP contribution < -0.4 is 59.1 Å². The van der Waals surface area contributed by atoms with Crippen LogP contribution in [0.2, 0.25) is 0 Å². The van der Waals surface area contributed by atoms with Crippen LogP contribution in [0.5, 0.6) is 0 Å². The second kappa shape index (κ2) is 27.7. The van der Waals surface area contributed by atoms with Gasteiger partial charge in [-0.3, -0.25) is 18.0 Å². The molecule has 5 aliphatic heterocycles. The second-order valence-corrected chi connectivity index (χ2v) is 28.1. The summed E-state index contributed by atoms with van der Waals surface area (Å²) in [7, 11) is -10.1. The molecule has 7 N–H and O–H groups in total. The minimum Gasteiger partial charge on any atom is -0.726 e. The van der Waals surface area contributed by atoms with Gasteiger partial charge in [0.2, 0.25) is 20.8 Å². The van der Waals surface area contributed by atoms with Crippen LogP contribution in [-0.2, 0) is 90.9 Å². The molecule has 0 aromatic carbocycles. The second-order valence-electron chi connectivity index (χ2n) is 26.0. The van der Waals surface area contributed by atoms with Gasteiger partial charge in [-0.2, -0.15) is 0 Å². The van der Waals surface area contributed by atoms with Crippen molar-refractivity contribution in [2.24, 2.45) is 39.4 Å². The monoisotopic (exact) mass is 1300 g/mol. The molecule has 0 amide bonds. The van der Waals surface area contributed by atoms with E-state index >= 15 is 0 Å². The summed E-state index contributed by atoms with van der Waals surface area (Å²) in [4.78, 5) is 27.4. The van der Waals surface area contributed by atoms with E-state index in [2.05, 4.69) is 30.7 Å². The van der Waals surface area contributed by atoms with Gasteiger partial charge in [-0.05, 0) is 101 Å². The fourth-order valence-electron chi connectivity index (χ4n) is 16.6. The van der Waals surface area contributed by atoms with E-state index in [1.165, 1.54) is 13.8 Å². The number of ether oxygens (including phenoxy) is 11. The first kappa shape index (κ1) is 73.9. The van der Waals surface area contributed by atoms with Crippen LogP contribution in [0.3, 0.4) is 0 Å². The van der Waals surface area contributed by atoms with Gasteiger partial charge in [0.05, 0.1) is 43.4 Å². The summed E-state index contributed by atoms with van der Waals surface area (Å²) in [6.07, 6.45) is -26.4. The third kappa shape index (κ3) is 14.0. The molecule has 0 aromatic rings. The van der Waals surface area contributed by atoms with Crippen molar-refractivity contribution in [3.63, 3.8) is 0 Å². The Labute approximate surface area is 551 Å². The molecule has 0 radical (unpaired) electrons. The molecule has 5 heterocycles. The first-order valence-corrected chi connectivity index (χ1v) is 31.6. The molecular weight excluding hydrogens is 1220 g/mol. The molecule has 27 atom stereocenters. The number of methoxy groups -OCH3 is 1. The van der Waals surface area contributed by atoms with Gasteiger partial charge in [-0.25, -0.2) is 16.8 Å². The molecule has 4 aliphatic carbocycles. The molecule has 0 aromatic heterocycles. The SMILES string of the molecule is C=C(C)CCC[C@]1(C)OC(=O)[C@]23CC[C@@H]4C(=CCC5C(C)(C)[C@@H](OC6OC[C@@H](OS(=O)(=O)[O-])C(O)C6O[C@@H]6O[C@H](C)[C@@H](O[C@@H]7OC[C@@H](O)C(O[C@@H]8OC(CO)[C@@H](O)C(OC)C8O)C7OS(=O)(=O)[O-])C(O)[C@@H]6O)CC[C@@]54C)[C@]2(C)CC(OC(C)=O)[C@@H]31.[Na+].[Na+]. The number of aliphatic hydroxyl groups is 7. The van der Waals surface area contributed by atoms with E-state index in [9.17, 15) is 71.3 Å². The molecule has 0 bridgehead atoms. The maximum atomic E-state index is 14.7. The normalized spacial score (nSPS) is 46.9. The Balaban J connectivity index is 0.00000541. The standard InChI is InChI=1S/C55H86O28S2.2Na/c1-24(2)12-11-17-54(9)45-30(75-26(4)57)20-53(8)28-13-14-33-51(5,6)34(16-18-52(33,7)27(28)15-19-55(45,53)50(64)81-54)77-48-43(36(60)32(23-73-48)82-84(65,66)67)80-46-38(62)37(61)40(25(3)74-46)78-49-44(83-85(68,69)70)41(29(58)22-72-49)79-47-39(63)42(71-10)35(59)31(21-56)76-47;;/h13,25,27,29-49,56,58-63H,1,11-12,14-23H2,2-10H3,(H,65,66,67)(H,68,69,70);;/q;2*+1/p-2/t25-,27-,29-,30?,31?,32-,33?,34+,35-,36?,37?,38+,39?,40-,41?,42?,43?,44?,45-,46+,47+,48?,49+,52-,53+,54+,55-;;/m1../s1. The molecule has 9 aliphatic rings. The number of esters is 2. The Morgan fingerprint density at radius 3 is 1.99 bits per heavy atom. The quantitative estimate of drug-likeness (QED) is 0.0208. The van der Waals surface area contributed by atoms with Crippen molar-refractivity contribution < 1.29 is 191 Å². The minimum atomic E-state index is -5.71. The van der Waals surface area contributed by atoms with Crippen molar-refractivity contribution in [2.75, 3.05) is 26.9 Å². The molecule has 11 unspecified atom stereocenters. The van der Waals surface area contributed by atoms with Gasteiger partial charge in [0.15, 0.2) is 31.3 Å². The fourth-order valence-corrected chi connectivity index (χ4v) is 17.5. The molecule has 9 rings (SSSR count). The third-order valence-corrected chi connectivity index (χ3v) is 21.4. The number of carbonyl (C=O) groups excluding carboxylic acids is 2. The zero-order chi connectivity index (χ0) is 62.5. The number of carbonyl (C=O) groups is 2. The average Bonchev–Trinajstić information content (AvgIpc) is 1.53. The van der Waals surface area contributed by atoms with Crippen LogP contribution in [0.15, 0.2) is 23.8 Å². The summed E-state index contributed by atoms with van der Waals surface area (Å²) >= 11 is 0. The van der Waals surface area contributed by atoms with Gasteiger partial charge >= 0.3 is 71.1 Å². The summed E-state index contributed by atoms with van der Waals surface area (Å²) < 4.78 is 147. The van der Waals surface area contributed by atoms with E-state index in [1.54, 1.807) is 0 Å². The van der Waals surface area contributed by atoms with Crippen molar-refractivity contribution in [3.05, 3.63) is 23.8 Å². The Bertz CT molecular complexity index is 2730. The smallest absolute Gasteiger partial charge is 0.726 e. The molecule has 3 saturated carbocycles. The molecule has 32 heteroatoms. The van der Waals surface area contributed by atoms with Gasteiger partial charge in [-0.1, -0.05) is 44.9 Å². The van der Waals surface area contributed by atoms with Crippen molar-refractivity contribution in [2.45, 2.75) is 242 Å². The van der Waals surface area contributed by atoms with Crippen LogP contribution in [0.25, 0.3) is 0 Å². The Hall–Kier alpha value is -0.480. The number of hydrogen-bond acceptors (Lipinski definition) is 28. The van der Waals surface area contributed by atoms with Gasteiger partial charge in [0.1, 0.15) is 85.0 Å². The predicted octanol–water partition coefficient (Wildman–Crippen LogP) is -6.23. The number of allylic oxidation sites excluding steroid dienone is 3. The number of hydrogen-bond donors (Lipinski definition) is 7. The van der Waals surface area contributed by atoms with Crippen LogP contribution in [-0.4, -0.2) is 229 Å².